The number of ether oxygens (including phenoxy) is 1. The first-order valence-corrected chi connectivity index (χ1v) is 10.9. The van der Waals surface area contributed by atoms with Gasteiger partial charge in [-0.25, -0.2) is 9.97 Å². The fourth-order valence-electron chi connectivity index (χ4n) is 4.98. The maximum absolute atomic E-state index is 8.87. The van der Waals surface area contributed by atoms with E-state index in [1.165, 1.54) is 24.2 Å². The van der Waals surface area contributed by atoms with Gasteiger partial charge in [0, 0.05) is 56.7 Å². The molecule has 5 heterocycles. The number of hydrogen-bond acceptors (Lipinski definition) is 5. The van der Waals surface area contributed by atoms with E-state index in [2.05, 4.69) is 31.6 Å². The van der Waals surface area contributed by atoms with Crippen LogP contribution in [0.25, 0.3) is 22.1 Å². The maximum atomic E-state index is 8.87. The largest absolute Gasteiger partial charge is 0.378 e. The highest BCUT2D eigenvalue weighted by molar-refractivity contribution is 6.01. The summed E-state index contributed by atoms with van der Waals surface area (Å²) < 4.78 is 8.36. The number of H-pyrrole nitrogens is 1. The standard InChI is InChI=1S/C22H28N6O/c23-9-2-11-27-12-7-16(8-13-27)28-20(5-4-17-3-1-14-29-17)26-19-15-25-22-18(21(19)28)6-10-24-22/h6,10,15-17H,1-5,7-8,11-14H2,(H,24,25). The third-order valence-electron chi connectivity index (χ3n) is 6.48. The van der Waals surface area contributed by atoms with Gasteiger partial charge in [-0.05, 0) is 38.2 Å². The van der Waals surface area contributed by atoms with Gasteiger partial charge in [-0.2, -0.15) is 5.26 Å². The number of pyridine rings is 1. The van der Waals surface area contributed by atoms with Crippen LogP contribution in [0.5, 0.6) is 0 Å². The van der Waals surface area contributed by atoms with Gasteiger partial charge >= 0.3 is 0 Å². The maximum Gasteiger partial charge on any atom is 0.139 e. The van der Waals surface area contributed by atoms with E-state index in [4.69, 9.17) is 15.0 Å². The monoisotopic (exact) mass is 392 g/mol. The Balaban J connectivity index is 1.46. The average molecular weight is 393 g/mol. The Labute approximate surface area is 170 Å². The van der Waals surface area contributed by atoms with Gasteiger partial charge in [-0.3, -0.25) is 0 Å². The number of fused-ring (bicyclic) bond motifs is 3. The Morgan fingerprint density at radius 2 is 2.17 bits per heavy atom. The number of aromatic nitrogens is 4. The van der Waals surface area contributed by atoms with Crippen molar-refractivity contribution in [2.45, 2.75) is 57.1 Å². The first-order valence-electron chi connectivity index (χ1n) is 10.9. The van der Waals surface area contributed by atoms with Gasteiger partial charge in [-0.15, -0.1) is 0 Å². The number of nitrogens with one attached hydrogen (secondary N) is 1. The molecular weight excluding hydrogens is 364 g/mol. The number of hydrogen-bond donors (Lipinski definition) is 1. The van der Waals surface area contributed by atoms with Crippen LogP contribution in [-0.2, 0) is 11.2 Å². The second-order valence-electron chi connectivity index (χ2n) is 8.28. The predicted octanol–water partition coefficient (Wildman–Crippen LogP) is 3.57. The fraction of sp³-hybridized carbons (Fsp3) is 0.591. The summed E-state index contributed by atoms with van der Waals surface area (Å²) in [7, 11) is 0. The van der Waals surface area contributed by atoms with Crippen LogP contribution >= 0.6 is 0 Å². The first kappa shape index (κ1) is 18.6. The van der Waals surface area contributed by atoms with E-state index in [1.54, 1.807) is 0 Å². The average Bonchev–Trinajstić information content (AvgIpc) is 3.49. The molecule has 0 aliphatic carbocycles. The third-order valence-corrected chi connectivity index (χ3v) is 6.48. The molecular formula is C22H28N6O. The summed E-state index contributed by atoms with van der Waals surface area (Å²) in [5, 5.41) is 10.0. The molecule has 5 rings (SSSR count). The lowest BCUT2D eigenvalue weighted by molar-refractivity contribution is 0.103. The first-order chi connectivity index (χ1) is 14.3. The van der Waals surface area contributed by atoms with Crippen LogP contribution < -0.4 is 0 Å². The lowest BCUT2D eigenvalue weighted by atomic mass is 10.0. The van der Waals surface area contributed by atoms with Crippen molar-refractivity contribution in [2.75, 3.05) is 26.2 Å². The zero-order chi connectivity index (χ0) is 19.6. The van der Waals surface area contributed by atoms with Crippen molar-refractivity contribution in [2.24, 2.45) is 0 Å². The molecule has 29 heavy (non-hydrogen) atoms. The van der Waals surface area contributed by atoms with Gasteiger partial charge in [0.05, 0.1) is 23.9 Å². The van der Waals surface area contributed by atoms with Gasteiger partial charge in [0.1, 0.15) is 17.0 Å². The molecule has 2 aliphatic heterocycles. The number of nitrogens with zero attached hydrogens (tertiary/aromatic N) is 5. The van der Waals surface area contributed by atoms with E-state index in [1.807, 2.05) is 12.4 Å². The van der Waals surface area contributed by atoms with Gasteiger partial charge < -0.3 is 19.2 Å². The second-order valence-corrected chi connectivity index (χ2v) is 8.28. The van der Waals surface area contributed by atoms with Crippen LogP contribution in [0.1, 0.15) is 50.4 Å². The Bertz CT molecular complexity index is 1020. The number of nitriles is 1. The lowest BCUT2D eigenvalue weighted by Crippen LogP contribution is -2.35. The highest BCUT2D eigenvalue weighted by atomic mass is 16.5. The van der Waals surface area contributed by atoms with Crippen molar-refractivity contribution < 1.29 is 4.74 Å². The molecule has 2 saturated heterocycles. The molecule has 0 bridgehead atoms. The van der Waals surface area contributed by atoms with Gasteiger partial charge in [-0.1, -0.05) is 0 Å². The molecule has 1 atom stereocenters. The molecule has 3 aromatic rings. The minimum atomic E-state index is 0.376. The number of aryl methyl sites for hydroxylation is 1. The smallest absolute Gasteiger partial charge is 0.139 e. The highest BCUT2D eigenvalue weighted by Gasteiger charge is 2.26. The summed E-state index contributed by atoms with van der Waals surface area (Å²) in [4.78, 5) is 15.2. The Morgan fingerprint density at radius 3 is 2.97 bits per heavy atom. The van der Waals surface area contributed by atoms with E-state index in [0.29, 0.717) is 18.6 Å². The molecule has 2 fully saturated rings. The van der Waals surface area contributed by atoms with E-state index in [0.717, 1.165) is 68.5 Å². The minimum absolute atomic E-state index is 0.376. The fourth-order valence-corrected chi connectivity index (χ4v) is 4.98. The summed E-state index contributed by atoms with van der Waals surface area (Å²) in [6, 6.07) is 4.83. The van der Waals surface area contributed by atoms with E-state index in [9.17, 15) is 0 Å². The van der Waals surface area contributed by atoms with Crippen molar-refractivity contribution in [1.29, 1.82) is 5.26 Å². The van der Waals surface area contributed by atoms with Crippen molar-refractivity contribution in [3.8, 4) is 6.07 Å². The zero-order valence-electron chi connectivity index (χ0n) is 16.8. The Kier molecular flexibility index (Phi) is 5.21. The Morgan fingerprint density at radius 1 is 1.28 bits per heavy atom. The molecule has 0 spiro atoms. The number of likely N-dealkylation sites (tertiary alicyclic amines) is 1. The van der Waals surface area contributed by atoms with Crippen LogP contribution in [0.4, 0.5) is 0 Å². The summed E-state index contributed by atoms with van der Waals surface area (Å²) in [5.74, 6) is 1.17. The normalized spacial score (nSPS) is 21.3. The van der Waals surface area contributed by atoms with Crippen LogP contribution in [0.3, 0.4) is 0 Å². The molecule has 0 aromatic carbocycles. The Hall–Kier alpha value is -2.43. The summed E-state index contributed by atoms with van der Waals surface area (Å²) in [5.41, 5.74) is 3.14. The van der Waals surface area contributed by atoms with Crippen molar-refractivity contribution in [1.82, 2.24) is 24.4 Å². The van der Waals surface area contributed by atoms with Crippen LogP contribution in [0.15, 0.2) is 18.5 Å². The molecule has 0 saturated carbocycles. The van der Waals surface area contributed by atoms with E-state index < -0.39 is 0 Å². The lowest BCUT2D eigenvalue weighted by Gasteiger charge is -2.33. The van der Waals surface area contributed by atoms with Crippen LogP contribution in [-0.4, -0.2) is 56.8 Å². The van der Waals surface area contributed by atoms with Crippen LogP contribution in [0, 0.1) is 11.3 Å². The quantitative estimate of drug-likeness (QED) is 0.693. The predicted molar refractivity (Wildman–Crippen MR) is 112 cm³/mol. The molecule has 2 aliphatic rings. The molecule has 1 unspecified atom stereocenters. The molecule has 3 aromatic heterocycles. The minimum Gasteiger partial charge on any atom is -0.378 e. The SMILES string of the molecule is N#CCCN1CCC(n2c(CCC3CCCO3)nc3cnc4[nH]ccc4c32)CC1. The summed E-state index contributed by atoms with van der Waals surface area (Å²) in [6.45, 7) is 3.86. The van der Waals surface area contributed by atoms with Crippen molar-refractivity contribution >= 4 is 22.1 Å². The van der Waals surface area contributed by atoms with Gasteiger partial charge in [0.15, 0.2) is 0 Å². The van der Waals surface area contributed by atoms with Crippen LogP contribution in [0.2, 0.25) is 0 Å². The highest BCUT2D eigenvalue weighted by Crippen LogP contribution is 2.33. The number of piperidine rings is 1. The second kappa shape index (κ2) is 8.13. The number of rotatable bonds is 6. The zero-order valence-corrected chi connectivity index (χ0v) is 16.8. The van der Waals surface area contributed by atoms with Crippen molar-refractivity contribution in [3.05, 3.63) is 24.3 Å². The van der Waals surface area contributed by atoms with Gasteiger partial charge in [0.25, 0.3) is 0 Å². The molecule has 0 amide bonds. The van der Waals surface area contributed by atoms with Crippen molar-refractivity contribution in [3.63, 3.8) is 0 Å². The van der Waals surface area contributed by atoms with Gasteiger partial charge in [0.2, 0.25) is 0 Å². The molecule has 7 nitrogen and oxygen atoms in total. The van der Waals surface area contributed by atoms with E-state index in [-0.39, 0.29) is 0 Å². The molecule has 0 radical (unpaired) electrons. The number of imidazole rings is 1. The van der Waals surface area contributed by atoms with E-state index >= 15 is 0 Å². The topological polar surface area (TPSA) is 82.8 Å². The molecule has 7 heteroatoms. The summed E-state index contributed by atoms with van der Waals surface area (Å²) >= 11 is 0. The molecule has 1 N–H and O–H groups in total. The molecule has 152 valence electrons. The summed E-state index contributed by atoms with van der Waals surface area (Å²) in [6.07, 6.45) is 11.4. The third kappa shape index (κ3) is 3.63. The number of aromatic amines is 1.